The van der Waals surface area contributed by atoms with Crippen LogP contribution >= 0.6 is 0 Å². The highest BCUT2D eigenvalue weighted by Gasteiger charge is 2.30. The summed E-state index contributed by atoms with van der Waals surface area (Å²) in [5.74, 6) is 0. The van der Waals surface area contributed by atoms with Crippen molar-refractivity contribution in [3.8, 4) is 5.69 Å². The van der Waals surface area contributed by atoms with Crippen molar-refractivity contribution in [3.05, 3.63) is 82.7 Å². The number of nitrogens with one attached hydrogen (secondary N) is 2. The van der Waals surface area contributed by atoms with Crippen molar-refractivity contribution >= 4 is 6.03 Å². The molecule has 3 aromatic rings. The van der Waals surface area contributed by atoms with Crippen LogP contribution in [0.5, 0.6) is 0 Å². The number of rotatable bonds is 5. The van der Waals surface area contributed by atoms with Gasteiger partial charge in [0, 0.05) is 17.8 Å². The molecule has 0 saturated carbocycles. The molecule has 0 aliphatic carbocycles. The third-order valence-corrected chi connectivity index (χ3v) is 4.95. The van der Waals surface area contributed by atoms with Crippen LogP contribution < -0.4 is 10.6 Å². The second-order valence-electron chi connectivity index (χ2n) is 7.07. The summed E-state index contributed by atoms with van der Waals surface area (Å²) < 4.78 is 39.9. The average Bonchev–Trinajstić information content (AvgIpc) is 3.00. The van der Waals surface area contributed by atoms with Crippen molar-refractivity contribution in [1.82, 2.24) is 20.4 Å². The Kier molecular flexibility index (Phi) is 6.14. The van der Waals surface area contributed by atoms with Gasteiger partial charge in [0.1, 0.15) is 0 Å². The number of halogens is 3. The van der Waals surface area contributed by atoms with Crippen LogP contribution in [0.25, 0.3) is 5.69 Å². The van der Waals surface area contributed by atoms with Gasteiger partial charge in [0.15, 0.2) is 0 Å². The van der Waals surface area contributed by atoms with E-state index >= 15 is 0 Å². The molecule has 0 radical (unpaired) electrons. The summed E-state index contributed by atoms with van der Waals surface area (Å²) in [6.45, 7) is 5.82. The number of hydrogen-bond donors (Lipinski definition) is 2. The number of nitrogens with zero attached hydrogens (tertiary/aromatic N) is 2. The lowest BCUT2D eigenvalue weighted by Crippen LogP contribution is -2.36. The van der Waals surface area contributed by atoms with E-state index in [2.05, 4.69) is 15.7 Å². The number of aryl methyl sites for hydroxylation is 1. The summed E-state index contributed by atoms with van der Waals surface area (Å²) >= 11 is 0. The molecule has 158 valence electrons. The molecule has 2 amide bonds. The summed E-state index contributed by atoms with van der Waals surface area (Å²) in [4.78, 5) is 12.3. The van der Waals surface area contributed by atoms with E-state index in [4.69, 9.17) is 0 Å². The van der Waals surface area contributed by atoms with Crippen LogP contribution in [0.3, 0.4) is 0 Å². The van der Waals surface area contributed by atoms with Gasteiger partial charge in [0.25, 0.3) is 0 Å². The Hall–Kier alpha value is -3.29. The van der Waals surface area contributed by atoms with Crippen LogP contribution in [0.1, 0.15) is 41.0 Å². The van der Waals surface area contributed by atoms with Gasteiger partial charge in [-0.25, -0.2) is 9.48 Å². The first-order valence-corrected chi connectivity index (χ1v) is 9.49. The molecular formula is C22H23F3N4O. The second-order valence-corrected chi connectivity index (χ2v) is 7.07. The van der Waals surface area contributed by atoms with Crippen molar-refractivity contribution in [1.29, 1.82) is 0 Å². The molecule has 1 heterocycles. The largest absolute Gasteiger partial charge is 0.416 e. The monoisotopic (exact) mass is 416 g/mol. The summed E-state index contributed by atoms with van der Waals surface area (Å²) in [7, 11) is 0. The summed E-state index contributed by atoms with van der Waals surface area (Å²) in [5.41, 5.74) is 3.45. The van der Waals surface area contributed by atoms with E-state index in [1.54, 1.807) is 6.92 Å². The number of carbonyl (C=O) groups is 1. The molecular weight excluding hydrogens is 393 g/mol. The molecule has 5 nitrogen and oxygen atoms in total. The van der Waals surface area contributed by atoms with E-state index in [0.29, 0.717) is 5.56 Å². The van der Waals surface area contributed by atoms with Crippen LogP contribution in [-0.4, -0.2) is 15.8 Å². The van der Waals surface area contributed by atoms with Gasteiger partial charge in [-0.15, -0.1) is 0 Å². The molecule has 8 heteroatoms. The van der Waals surface area contributed by atoms with Gasteiger partial charge in [-0.3, -0.25) is 0 Å². The number of carbonyl (C=O) groups excluding carboxylic acids is 1. The van der Waals surface area contributed by atoms with Gasteiger partial charge < -0.3 is 10.6 Å². The van der Waals surface area contributed by atoms with Crippen LogP contribution in [0.15, 0.2) is 54.6 Å². The maximum Gasteiger partial charge on any atom is 0.416 e. The topological polar surface area (TPSA) is 59.0 Å². The van der Waals surface area contributed by atoms with Crippen LogP contribution in [0.2, 0.25) is 0 Å². The van der Waals surface area contributed by atoms with Crippen LogP contribution in [-0.2, 0) is 12.7 Å². The number of amides is 2. The molecule has 2 N–H and O–H groups in total. The quantitative estimate of drug-likeness (QED) is 0.610. The van der Waals surface area contributed by atoms with E-state index in [9.17, 15) is 18.0 Å². The van der Waals surface area contributed by atoms with Crippen molar-refractivity contribution in [2.75, 3.05) is 0 Å². The number of urea groups is 1. The molecule has 30 heavy (non-hydrogen) atoms. The zero-order chi connectivity index (χ0) is 21.9. The minimum absolute atomic E-state index is 0.288. The summed E-state index contributed by atoms with van der Waals surface area (Å²) in [6, 6.07) is 13.6. The SMILES string of the molecule is Cc1nn(-c2ccccc2)c(C)c1CNC(=O)NC(C)c1ccc(C(F)(F)F)cc1. The molecule has 1 atom stereocenters. The Morgan fingerprint density at radius 2 is 1.70 bits per heavy atom. The molecule has 0 aliphatic rings. The number of aromatic nitrogens is 2. The fraction of sp³-hybridized carbons (Fsp3) is 0.273. The molecule has 0 aliphatic heterocycles. The van der Waals surface area contributed by atoms with E-state index < -0.39 is 23.8 Å². The van der Waals surface area contributed by atoms with E-state index in [-0.39, 0.29) is 6.54 Å². The van der Waals surface area contributed by atoms with Gasteiger partial charge in [-0.2, -0.15) is 18.3 Å². The summed E-state index contributed by atoms with van der Waals surface area (Å²) in [5, 5.41) is 10.1. The Bertz CT molecular complexity index is 1010. The second kappa shape index (κ2) is 8.61. The normalized spacial score (nSPS) is 12.5. The predicted octanol–water partition coefficient (Wildman–Crippen LogP) is 5.07. The first-order chi connectivity index (χ1) is 14.2. The van der Waals surface area contributed by atoms with Gasteiger partial charge in [0.2, 0.25) is 0 Å². The minimum Gasteiger partial charge on any atom is -0.334 e. The van der Waals surface area contributed by atoms with Gasteiger partial charge >= 0.3 is 12.2 Å². The predicted molar refractivity (Wildman–Crippen MR) is 108 cm³/mol. The maximum atomic E-state index is 12.7. The molecule has 1 unspecified atom stereocenters. The molecule has 0 bridgehead atoms. The zero-order valence-electron chi connectivity index (χ0n) is 16.9. The summed E-state index contributed by atoms with van der Waals surface area (Å²) in [6.07, 6.45) is -4.38. The van der Waals surface area contributed by atoms with E-state index in [1.165, 1.54) is 12.1 Å². The molecule has 0 saturated heterocycles. The maximum absolute atomic E-state index is 12.7. The van der Waals surface area contributed by atoms with E-state index in [0.717, 1.165) is 34.8 Å². The van der Waals surface area contributed by atoms with Crippen molar-refractivity contribution in [2.24, 2.45) is 0 Å². The number of para-hydroxylation sites is 1. The molecule has 2 aromatic carbocycles. The third-order valence-electron chi connectivity index (χ3n) is 4.95. The first kappa shape index (κ1) is 21.4. The number of benzene rings is 2. The number of alkyl halides is 3. The van der Waals surface area contributed by atoms with Crippen LogP contribution in [0, 0.1) is 13.8 Å². The Morgan fingerprint density at radius 1 is 1.07 bits per heavy atom. The Labute approximate surface area is 172 Å². The fourth-order valence-electron chi connectivity index (χ4n) is 3.21. The molecule has 3 rings (SSSR count). The van der Waals surface area contributed by atoms with Crippen LogP contribution in [0.4, 0.5) is 18.0 Å². The zero-order valence-corrected chi connectivity index (χ0v) is 16.9. The smallest absolute Gasteiger partial charge is 0.334 e. The van der Waals surface area contributed by atoms with Crippen molar-refractivity contribution in [3.63, 3.8) is 0 Å². The first-order valence-electron chi connectivity index (χ1n) is 9.49. The fourth-order valence-corrected chi connectivity index (χ4v) is 3.21. The lowest BCUT2D eigenvalue weighted by Gasteiger charge is -2.16. The molecule has 1 aromatic heterocycles. The van der Waals surface area contributed by atoms with Gasteiger partial charge in [-0.05, 0) is 50.6 Å². The molecule has 0 fully saturated rings. The van der Waals surface area contributed by atoms with E-state index in [1.807, 2.05) is 48.9 Å². The Morgan fingerprint density at radius 3 is 2.30 bits per heavy atom. The van der Waals surface area contributed by atoms with Gasteiger partial charge in [-0.1, -0.05) is 30.3 Å². The highest BCUT2D eigenvalue weighted by atomic mass is 19.4. The van der Waals surface area contributed by atoms with Gasteiger partial charge in [0.05, 0.1) is 23.0 Å². The Balaban J connectivity index is 1.62. The number of hydrogen-bond acceptors (Lipinski definition) is 2. The molecule has 0 spiro atoms. The lowest BCUT2D eigenvalue weighted by atomic mass is 10.1. The highest BCUT2D eigenvalue weighted by molar-refractivity contribution is 5.74. The van der Waals surface area contributed by atoms with Crippen molar-refractivity contribution < 1.29 is 18.0 Å². The average molecular weight is 416 g/mol. The third kappa shape index (κ3) is 4.82. The van der Waals surface area contributed by atoms with Crippen molar-refractivity contribution in [2.45, 2.75) is 39.5 Å². The standard InChI is InChI=1S/C22H23F3N4O/c1-14(17-9-11-18(12-10-17)22(23,24)25)27-21(30)26-13-20-15(2)28-29(16(20)3)19-7-5-4-6-8-19/h4-12,14H,13H2,1-3H3,(H2,26,27,30). The lowest BCUT2D eigenvalue weighted by molar-refractivity contribution is -0.137. The minimum atomic E-state index is -4.38. The highest BCUT2D eigenvalue weighted by Crippen LogP contribution is 2.29.